The summed E-state index contributed by atoms with van der Waals surface area (Å²) < 4.78 is 6.61. The van der Waals surface area contributed by atoms with Crippen LogP contribution in [-0.4, -0.2) is 5.78 Å². The summed E-state index contributed by atoms with van der Waals surface area (Å²) in [7, 11) is 0. The Morgan fingerprint density at radius 2 is 2.00 bits per heavy atom. The molecule has 0 bridgehead atoms. The number of ketones is 1. The summed E-state index contributed by atoms with van der Waals surface area (Å²) in [6.45, 7) is 1.97. The summed E-state index contributed by atoms with van der Waals surface area (Å²) in [5.41, 5.74) is 2.26. The molecule has 0 spiro atoms. The van der Waals surface area contributed by atoms with Crippen molar-refractivity contribution in [3.05, 3.63) is 56.4 Å². The molecule has 0 aliphatic carbocycles. The molecule has 4 heteroatoms. The van der Waals surface area contributed by atoms with Crippen molar-refractivity contribution in [1.82, 2.24) is 0 Å². The Kier molecular flexibility index (Phi) is 3.30. The van der Waals surface area contributed by atoms with Crippen LogP contribution in [0, 0.1) is 6.92 Å². The lowest BCUT2D eigenvalue weighted by Gasteiger charge is -2.05. The van der Waals surface area contributed by atoms with Gasteiger partial charge in [-0.05, 0) is 30.7 Å². The van der Waals surface area contributed by atoms with Crippen molar-refractivity contribution in [2.45, 2.75) is 6.92 Å². The van der Waals surface area contributed by atoms with E-state index in [0.717, 1.165) is 14.5 Å². The van der Waals surface area contributed by atoms with E-state index in [1.54, 1.807) is 6.07 Å². The van der Waals surface area contributed by atoms with Gasteiger partial charge in [-0.25, -0.2) is 0 Å². The van der Waals surface area contributed by atoms with Crippen LogP contribution in [0.5, 0.6) is 0 Å². The number of aryl methyl sites for hydroxylation is 1. The minimum absolute atomic E-state index is 0.0543. The van der Waals surface area contributed by atoms with E-state index in [9.17, 15) is 4.79 Å². The van der Waals surface area contributed by atoms with Gasteiger partial charge in [-0.3, -0.25) is 4.79 Å². The van der Waals surface area contributed by atoms with Crippen LogP contribution in [0.15, 0.2) is 44.1 Å². The number of hydrogen-bond acceptors (Lipinski definition) is 2. The smallest absolute Gasteiger partial charge is 0.197 e. The molecule has 0 saturated heterocycles. The molecule has 0 amide bonds. The molecule has 2 nitrogen and oxygen atoms in total. The average Bonchev–Trinajstić information content (AvgIpc) is 2.75. The van der Waals surface area contributed by atoms with Crippen LogP contribution in [0.25, 0.3) is 0 Å². The fraction of sp³-hybridized carbons (Fsp3) is 0.0833. The molecule has 0 aliphatic heterocycles. The first-order valence-electron chi connectivity index (χ1n) is 4.62. The zero-order valence-corrected chi connectivity index (χ0v) is 11.6. The first-order valence-corrected chi connectivity index (χ1v) is 6.20. The van der Waals surface area contributed by atoms with Gasteiger partial charge in [-0.15, -0.1) is 0 Å². The maximum absolute atomic E-state index is 12.1. The minimum atomic E-state index is -0.0543. The van der Waals surface area contributed by atoms with Crippen LogP contribution < -0.4 is 0 Å². The molecule has 0 atom stereocenters. The van der Waals surface area contributed by atoms with E-state index in [2.05, 4.69) is 31.9 Å². The second kappa shape index (κ2) is 4.55. The number of rotatable bonds is 2. The normalized spacial score (nSPS) is 10.4. The van der Waals surface area contributed by atoms with Gasteiger partial charge in [0, 0.05) is 14.5 Å². The highest BCUT2D eigenvalue weighted by atomic mass is 79.9. The number of furan rings is 1. The first-order chi connectivity index (χ1) is 7.59. The van der Waals surface area contributed by atoms with Crippen molar-refractivity contribution in [2.24, 2.45) is 0 Å². The SMILES string of the molecule is Cc1cc(Br)c(C(=O)c2ccoc2)cc1Br. The number of carbonyl (C=O) groups is 1. The second-order valence-corrected chi connectivity index (χ2v) is 5.13. The predicted octanol–water partition coefficient (Wildman–Crippen LogP) is 4.34. The van der Waals surface area contributed by atoms with Gasteiger partial charge in [-0.1, -0.05) is 31.9 Å². The van der Waals surface area contributed by atoms with Gasteiger partial charge in [0.2, 0.25) is 0 Å². The van der Waals surface area contributed by atoms with E-state index in [4.69, 9.17) is 4.42 Å². The monoisotopic (exact) mass is 342 g/mol. The standard InChI is InChI=1S/C12H8Br2O2/c1-7-4-11(14)9(5-10(7)13)12(15)8-2-3-16-6-8/h2-6H,1H3. The van der Waals surface area contributed by atoms with Gasteiger partial charge in [0.1, 0.15) is 6.26 Å². The maximum Gasteiger partial charge on any atom is 0.197 e. The van der Waals surface area contributed by atoms with Crippen molar-refractivity contribution in [2.75, 3.05) is 0 Å². The molecule has 82 valence electrons. The Labute approximate surface area is 110 Å². The molecule has 0 aliphatic rings. The lowest BCUT2D eigenvalue weighted by atomic mass is 10.0. The largest absolute Gasteiger partial charge is 0.472 e. The van der Waals surface area contributed by atoms with Crippen LogP contribution >= 0.6 is 31.9 Å². The molecular formula is C12H8Br2O2. The molecule has 1 aromatic heterocycles. The lowest BCUT2D eigenvalue weighted by Crippen LogP contribution is -2.01. The number of carbonyl (C=O) groups excluding carboxylic acids is 1. The second-order valence-electron chi connectivity index (χ2n) is 3.42. The van der Waals surface area contributed by atoms with Crippen LogP contribution in [0.4, 0.5) is 0 Å². The van der Waals surface area contributed by atoms with E-state index in [1.165, 1.54) is 12.5 Å². The molecule has 2 rings (SSSR count). The van der Waals surface area contributed by atoms with Crippen molar-refractivity contribution in [3.63, 3.8) is 0 Å². The highest BCUT2D eigenvalue weighted by molar-refractivity contribution is 9.11. The van der Waals surface area contributed by atoms with Crippen molar-refractivity contribution < 1.29 is 9.21 Å². The van der Waals surface area contributed by atoms with Gasteiger partial charge in [0.05, 0.1) is 11.8 Å². The molecule has 1 heterocycles. The Morgan fingerprint density at radius 1 is 1.25 bits per heavy atom. The van der Waals surface area contributed by atoms with Gasteiger partial charge in [0.25, 0.3) is 0 Å². The van der Waals surface area contributed by atoms with E-state index < -0.39 is 0 Å². The molecule has 16 heavy (non-hydrogen) atoms. The van der Waals surface area contributed by atoms with E-state index in [-0.39, 0.29) is 5.78 Å². The molecule has 0 fully saturated rings. The molecule has 0 N–H and O–H groups in total. The zero-order valence-electron chi connectivity index (χ0n) is 8.46. The Bertz CT molecular complexity index is 530. The van der Waals surface area contributed by atoms with Gasteiger partial charge >= 0.3 is 0 Å². The summed E-state index contributed by atoms with van der Waals surface area (Å²) >= 11 is 6.81. The number of benzene rings is 1. The topological polar surface area (TPSA) is 30.2 Å². The third-order valence-corrected chi connectivity index (χ3v) is 3.79. The van der Waals surface area contributed by atoms with Crippen LogP contribution in [0.1, 0.15) is 21.5 Å². The van der Waals surface area contributed by atoms with Gasteiger partial charge in [-0.2, -0.15) is 0 Å². The van der Waals surface area contributed by atoms with Gasteiger partial charge in [0.15, 0.2) is 5.78 Å². The van der Waals surface area contributed by atoms with Crippen molar-refractivity contribution in [3.8, 4) is 0 Å². The third-order valence-electron chi connectivity index (χ3n) is 2.28. The van der Waals surface area contributed by atoms with Crippen LogP contribution in [0.3, 0.4) is 0 Å². The maximum atomic E-state index is 12.1. The molecule has 0 radical (unpaired) electrons. The summed E-state index contributed by atoms with van der Waals surface area (Å²) in [5, 5.41) is 0. The predicted molar refractivity (Wildman–Crippen MR) is 68.7 cm³/mol. The van der Waals surface area contributed by atoms with Gasteiger partial charge < -0.3 is 4.42 Å². The van der Waals surface area contributed by atoms with Crippen molar-refractivity contribution in [1.29, 1.82) is 0 Å². The summed E-state index contributed by atoms with van der Waals surface area (Å²) in [4.78, 5) is 12.1. The fourth-order valence-electron chi connectivity index (χ4n) is 1.37. The molecular weight excluding hydrogens is 336 g/mol. The van der Waals surface area contributed by atoms with E-state index >= 15 is 0 Å². The van der Waals surface area contributed by atoms with Crippen LogP contribution in [0.2, 0.25) is 0 Å². The Hall–Kier alpha value is -0.870. The average molecular weight is 344 g/mol. The third kappa shape index (κ3) is 2.13. The Morgan fingerprint density at radius 3 is 2.62 bits per heavy atom. The fourth-order valence-corrected chi connectivity index (χ4v) is 2.35. The highest BCUT2D eigenvalue weighted by Gasteiger charge is 2.15. The quantitative estimate of drug-likeness (QED) is 0.759. The molecule has 0 saturated carbocycles. The lowest BCUT2D eigenvalue weighted by molar-refractivity contribution is 0.103. The summed E-state index contributed by atoms with van der Waals surface area (Å²) in [6, 6.07) is 5.38. The summed E-state index contributed by atoms with van der Waals surface area (Å²) in [5.74, 6) is -0.0543. The number of hydrogen-bond donors (Lipinski definition) is 0. The molecule has 2 aromatic rings. The van der Waals surface area contributed by atoms with E-state index in [0.29, 0.717) is 11.1 Å². The Balaban J connectivity index is 2.49. The number of halogens is 2. The molecule has 0 unspecified atom stereocenters. The summed E-state index contributed by atoms with van der Waals surface area (Å²) in [6.07, 6.45) is 2.94. The highest BCUT2D eigenvalue weighted by Crippen LogP contribution is 2.27. The first kappa shape index (κ1) is 11.6. The molecule has 1 aromatic carbocycles. The minimum Gasteiger partial charge on any atom is -0.472 e. The van der Waals surface area contributed by atoms with Crippen molar-refractivity contribution >= 4 is 37.6 Å². The van der Waals surface area contributed by atoms with Crippen LogP contribution in [-0.2, 0) is 0 Å². The zero-order chi connectivity index (χ0) is 11.7. The van der Waals surface area contributed by atoms with E-state index in [1.807, 2.05) is 19.1 Å².